The topological polar surface area (TPSA) is 96.0 Å². The molecule has 0 heterocycles. The van der Waals surface area contributed by atoms with Crippen molar-refractivity contribution in [3.63, 3.8) is 0 Å². The molecule has 3 aromatic rings. The van der Waals surface area contributed by atoms with Crippen LogP contribution in [-0.2, 0) is 26.2 Å². The lowest BCUT2D eigenvalue weighted by Gasteiger charge is -2.34. The fourth-order valence-corrected chi connectivity index (χ4v) is 7.46. The summed E-state index contributed by atoms with van der Waals surface area (Å²) in [5.41, 5.74) is 2.27. The molecule has 1 aliphatic rings. The normalized spacial score (nSPS) is 14.4. The number of nitrogens with one attached hydrogen (secondary N) is 1. The molecule has 8 nitrogen and oxygen atoms in total. The molecule has 0 unspecified atom stereocenters. The molecule has 0 aliphatic heterocycles. The first kappa shape index (κ1) is 34.4. The Bertz CT molecular complexity index is 1500. The summed E-state index contributed by atoms with van der Waals surface area (Å²) in [6.45, 7) is 5.92. The summed E-state index contributed by atoms with van der Waals surface area (Å²) in [5.74, 6) is -0.0620. The van der Waals surface area contributed by atoms with Crippen molar-refractivity contribution in [3.05, 3.63) is 83.9 Å². The van der Waals surface area contributed by atoms with Gasteiger partial charge in [0, 0.05) is 17.5 Å². The zero-order valence-electron chi connectivity index (χ0n) is 26.7. The van der Waals surface area contributed by atoms with Gasteiger partial charge in [-0.15, -0.1) is 11.8 Å². The first-order valence-corrected chi connectivity index (χ1v) is 18.4. The number of thioether (sulfide) groups is 1. The van der Waals surface area contributed by atoms with Crippen LogP contribution in [0.3, 0.4) is 0 Å². The predicted molar refractivity (Wildman–Crippen MR) is 181 cm³/mol. The number of hydrogen-bond donors (Lipinski definition) is 1. The molecular weight excluding hydrogens is 607 g/mol. The average Bonchev–Trinajstić information content (AvgIpc) is 3.05. The maximum Gasteiger partial charge on any atom is 0.264 e. The molecule has 1 atom stereocenters. The Morgan fingerprint density at radius 1 is 0.933 bits per heavy atom. The van der Waals surface area contributed by atoms with Gasteiger partial charge in [-0.05, 0) is 93.5 Å². The fraction of sp³-hybridized carbons (Fsp3) is 0.429. The van der Waals surface area contributed by atoms with Gasteiger partial charge in [0.15, 0.2) is 0 Å². The van der Waals surface area contributed by atoms with Gasteiger partial charge in [-0.3, -0.25) is 13.9 Å². The van der Waals surface area contributed by atoms with Crippen LogP contribution in [0.15, 0.2) is 82.6 Å². The third-order valence-electron chi connectivity index (χ3n) is 8.17. The smallest absolute Gasteiger partial charge is 0.264 e. The lowest BCUT2D eigenvalue weighted by molar-refractivity contribution is -0.140. The van der Waals surface area contributed by atoms with Crippen LogP contribution < -0.4 is 14.4 Å². The minimum Gasteiger partial charge on any atom is -0.494 e. The molecule has 0 bridgehead atoms. The molecule has 1 saturated carbocycles. The van der Waals surface area contributed by atoms with Crippen LogP contribution in [0, 0.1) is 6.92 Å². The molecule has 1 aliphatic carbocycles. The summed E-state index contributed by atoms with van der Waals surface area (Å²) >= 11 is 1.52. The van der Waals surface area contributed by atoms with E-state index in [1.807, 2.05) is 51.3 Å². The van der Waals surface area contributed by atoms with Crippen LogP contribution in [0.1, 0.15) is 63.5 Å². The zero-order valence-corrected chi connectivity index (χ0v) is 28.3. The molecule has 2 amide bonds. The number of benzene rings is 3. The summed E-state index contributed by atoms with van der Waals surface area (Å²) in [5, 5.41) is 3.19. The molecule has 0 spiro atoms. The monoisotopic (exact) mass is 651 g/mol. The Balaban J connectivity index is 1.70. The third-order valence-corrected chi connectivity index (χ3v) is 10.7. The van der Waals surface area contributed by atoms with Gasteiger partial charge >= 0.3 is 0 Å². The molecule has 1 N–H and O–H groups in total. The Hall–Kier alpha value is -3.50. The van der Waals surface area contributed by atoms with Crippen molar-refractivity contribution in [2.24, 2.45) is 0 Å². The highest BCUT2D eigenvalue weighted by Crippen LogP contribution is 2.28. The van der Waals surface area contributed by atoms with E-state index >= 15 is 0 Å². The maximum absolute atomic E-state index is 14.4. The number of hydrogen-bond acceptors (Lipinski definition) is 6. The van der Waals surface area contributed by atoms with E-state index in [0.29, 0.717) is 24.5 Å². The Labute approximate surface area is 272 Å². The number of aryl methyl sites for hydroxylation is 1. The van der Waals surface area contributed by atoms with Gasteiger partial charge in [0.1, 0.15) is 18.3 Å². The van der Waals surface area contributed by atoms with Crippen molar-refractivity contribution < 1.29 is 22.7 Å². The third kappa shape index (κ3) is 9.04. The summed E-state index contributed by atoms with van der Waals surface area (Å²) in [4.78, 5) is 30.6. The van der Waals surface area contributed by atoms with Gasteiger partial charge in [0.05, 0.1) is 17.2 Å². The second kappa shape index (κ2) is 16.2. The van der Waals surface area contributed by atoms with Crippen molar-refractivity contribution in [2.45, 2.75) is 87.7 Å². The minimum atomic E-state index is -4.15. The second-order valence-corrected chi connectivity index (χ2v) is 14.1. The summed E-state index contributed by atoms with van der Waals surface area (Å²) in [7, 11) is -4.15. The number of amides is 2. The van der Waals surface area contributed by atoms with Crippen LogP contribution in [0.5, 0.6) is 5.75 Å². The zero-order chi connectivity index (χ0) is 32.4. The Morgan fingerprint density at radius 2 is 1.58 bits per heavy atom. The van der Waals surface area contributed by atoms with Crippen LogP contribution >= 0.6 is 11.8 Å². The largest absolute Gasteiger partial charge is 0.494 e. The van der Waals surface area contributed by atoms with E-state index in [1.54, 1.807) is 48.5 Å². The minimum absolute atomic E-state index is 0.0779. The summed E-state index contributed by atoms with van der Waals surface area (Å²) in [6, 6.07) is 20.4. The van der Waals surface area contributed by atoms with Crippen LogP contribution in [0.4, 0.5) is 5.69 Å². The SMILES string of the molecule is CCOc1ccc(N(CC(=O)N(Cc2ccc(C)cc2)[C@@H](CC)C(=O)NC2CCCCC2)S(=O)(=O)c2ccc(SC)cc2)cc1. The van der Waals surface area contributed by atoms with Gasteiger partial charge in [0.25, 0.3) is 10.0 Å². The van der Waals surface area contributed by atoms with Gasteiger partial charge in [-0.2, -0.15) is 0 Å². The van der Waals surface area contributed by atoms with Gasteiger partial charge in [-0.25, -0.2) is 8.42 Å². The summed E-state index contributed by atoms with van der Waals surface area (Å²) in [6.07, 6.45) is 7.46. The van der Waals surface area contributed by atoms with Crippen LogP contribution in [0.2, 0.25) is 0 Å². The first-order chi connectivity index (χ1) is 21.7. The fourth-order valence-electron chi connectivity index (χ4n) is 5.63. The highest BCUT2D eigenvalue weighted by molar-refractivity contribution is 7.98. The predicted octanol–water partition coefficient (Wildman–Crippen LogP) is 6.57. The number of rotatable bonds is 14. The van der Waals surface area contributed by atoms with E-state index in [1.165, 1.54) is 16.7 Å². The Morgan fingerprint density at radius 3 is 2.16 bits per heavy atom. The Kier molecular flexibility index (Phi) is 12.4. The van der Waals surface area contributed by atoms with Crippen molar-refractivity contribution in [1.82, 2.24) is 10.2 Å². The van der Waals surface area contributed by atoms with E-state index in [-0.39, 0.29) is 23.4 Å². The maximum atomic E-state index is 14.4. The van der Waals surface area contributed by atoms with Crippen molar-refractivity contribution in [3.8, 4) is 5.75 Å². The first-order valence-electron chi connectivity index (χ1n) is 15.7. The number of carbonyl (C=O) groups excluding carboxylic acids is 2. The highest BCUT2D eigenvalue weighted by Gasteiger charge is 2.34. The highest BCUT2D eigenvalue weighted by atomic mass is 32.2. The summed E-state index contributed by atoms with van der Waals surface area (Å²) < 4.78 is 35.0. The molecule has 0 radical (unpaired) electrons. The second-order valence-electron chi connectivity index (χ2n) is 11.4. The number of nitrogens with zero attached hydrogens (tertiary/aromatic N) is 2. The van der Waals surface area contributed by atoms with E-state index in [4.69, 9.17) is 4.74 Å². The lowest BCUT2D eigenvalue weighted by atomic mass is 9.95. The molecule has 4 rings (SSSR count). The van der Waals surface area contributed by atoms with Gasteiger partial charge in [0.2, 0.25) is 11.8 Å². The standard InChI is InChI=1S/C35H45N3O5S2/c1-5-33(35(40)36-28-10-8-7-9-11-28)37(24-27-14-12-26(3)13-15-27)34(39)25-38(29-16-18-30(19-17-29)43-6-2)45(41,42)32-22-20-31(44-4)21-23-32/h12-23,28,33H,5-11,24-25H2,1-4H3,(H,36,40)/t33-/m0/s1. The van der Waals surface area contributed by atoms with Crippen LogP contribution in [-0.4, -0.2) is 56.6 Å². The number of anilines is 1. The number of sulfonamides is 1. The van der Waals surface area contributed by atoms with Crippen molar-refractivity contribution >= 4 is 39.3 Å². The average molecular weight is 652 g/mol. The molecule has 3 aromatic carbocycles. The van der Waals surface area contributed by atoms with Crippen LogP contribution in [0.25, 0.3) is 0 Å². The van der Waals surface area contributed by atoms with E-state index in [9.17, 15) is 18.0 Å². The molecule has 45 heavy (non-hydrogen) atoms. The van der Waals surface area contributed by atoms with E-state index < -0.39 is 28.5 Å². The lowest BCUT2D eigenvalue weighted by Crippen LogP contribution is -2.54. The molecule has 10 heteroatoms. The van der Waals surface area contributed by atoms with Crippen molar-refractivity contribution in [1.29, 1.82) is 0 Å². The van der Waals surface area contributed by atoms with E-state index in [2.05, 4.69) is 5.32 Å². The number of ether oxygens (including phenoxy) is 1. The molecule has 0 aromatic heterocycles. The van der Waals surface area contributed by atoms with E-state index in [0.717, 1.165) is 52.4 Å². The van der Waals surface area contributed by atoms with Gasteiger partial charge < -0.3 is 15.0 Å². The number of carbonyl (C=O) groups is 2. The molecule has 1 fully saturated rings. The molecule has 0 saturated heterocycles. The molecule has 242 valence electrons. The quantitative estimate of drug-likeness (QED) is 0.198. The van der Waals surface area contributed by atoms with Gasteiger partial charge in [-0.1, -0.05) is 56.0 Å². The molecular formula is C35H45N3O5S2. The van der Waals surface area contributed by atoms with Crippen molar-refractivity contribution in [2.75, 3.05) is 23.7 Å².